The number of likely N-dealkylation sites (tertiary alicyclic amines) is 1. The largest absolute Gasteiger partial charge is 0.488 e. The predicted molar refractivity (Wildman–Crippen MR) is 118 cm³/mol. The van der Waals surface area contributed by atoms with E-state index >= 15 is 0 Å². The third-order valence-corrected chi connectivity index (χ3v) is 5.32. The quantitative estimate of drug-likeness (QED) is 0.682. The van der Waals surface area contributed by atoms with Crippen molar-refractivity contribution >= 4 is 17.7 Å². The number of nitrogens with two attached hydrogens (primary N) is 1. The normalized spacial score (nSPS) is 13.9. The molecule has 0 spiro atoms. The van der Waals surface area contributed by atoms with Crippen LogP contribution in [0.15, 0.2) is 48.5 Å². The van der Waals surface area contributed by atoms with Crippen molar-refractivity contribution < 1.29 is 19.1 Å². The maximum atomic E-state index is 12.5. The summed E-state index contributed by atoms with van der Waals surface area (Å²) in [4.78, 5) is 38.2. The Labute approximate surface area is 182 Å². The van der Waals surface area contributed by atoms with Crippen molar-refractivity contribution in [2.75, 3.05) is 19.6 Å². The molecule has 1 fully saturated rings. The summed E-state index contributed by atoms with van der Waals surface area (Å²) in [6.07, 6.45) is 4.76. The van der Waals surface area contributed by atoms with Gasteiger partial charge in [0.15, 0.2) is 0 Å². The summed E-state index contributed by atoms with van der Waals surface area (Å²) in [6.45, 7) is 2.13. The molecule has 0 unspecified atom stereocenters. The topological polar surface area (TPSA) is 102 Å². The summed E-state index contributed by atoms with van der Waals surface area (Å²) in [5.74, 6) is -0.296. The van der Waals surface area contributed by atoms with Gasteiger partial charge in [0.25, 0.3) is 11.8 Å². The van der Waals surface area contributed by atoms with E-state index in [2.05, 4.69) is 5.32 Å². The Hall–Kier alpha value is -3.35. The highest BCUT2D eigenvalue weighted by molar-refractivity contribution is 5.95. The third-order valence-electron chi connectivity index (χ3n) is 5.32. The van der Waals surface area contributed by atoms with Crippen LogP contribution in [0.4, 0.5) is 0 Å². The number of carbonyl (C=O) groups excluding carboxylic acids is 3. The summed E-state index contributed by atoms with van der Waals surface area (Å²) in [5.41, 5.74) is 6.96. The second-order valence-corrected chi connectivity index (χ2v) is 7.65. The van der Waals surface area contributed by atoms with E-state index in [1.54, 1.807) is 42.5 Å². The van der Waals surface area contributed by atoms with Crippen molar-refractivity contribution in [2.45, 2.75) is 38.7 Å². The molecule has 0 saturated carbocycles. The molecule has 0 aromatic heterocycles. The summed E-state index contributed by atoms with van der Waals surface area (Å²) >= 11 is 0. The zero-order chi connectivity index (χ0) is 22.1. The van der Waals surface area contributed by atoms with Crippen LogP contribution in [0.1, 0.15) is 58.4 Å². The predicted octanol–water partition coefficient (Wildman–Crippen LogP) is 2.89. The zero-order valence-corrected chi connectivity index (χ0v) is 17.6. The molecule has 3 rings (SSSR count). The first kappa shape index (κ1) is 22.3. The number of hydrogen-bond donors (Lipinski definition) is 2. The minimum Gasteiger partial charge on any atom is -0.488 e. The molecule has 0 radical (unpaired) electrons. The number of nitrogens with one attached hydrogen (secondary N) is 1. The molecule has 1 heterocycles. The van der Waals surface area contributed by atoms with Crippen molar-refractivity contribution in [1.82, 2.24) is 10.2 Å². The third kappa shape index (κ3) is 6.57. The molecule has 2 aromatic carbocycles. The number of primary amides is 1. The highest BCUT2D eigenvalue weighted by Crippen LogP contribution is 2.19. The van der Waals surface area contributed by atoms with Gasteiger partial charge in [-0.1, -0.05) is 37.1 Å². The van der Waals surface area contributed by atoms with Crippen LogP contribution in [-0.2, 0) is 11.4 Å². The van der Waals surface area contributed by atoms with Crippen LogP contribution in [0, 0.1) is 0 Å². The molecule has 0 atom stereocenters. The lowest BCUT2D eigenvalue weighted by atomic mass is 10.1. The Morgan fingerprint density at radius 2 is 1.71 bits per heavy atom. The van der Waals surface area contributed by atoms with Gasteiger partial charge in [-0.3, -0.25) is 14.4 Å². The molecular weight excluding hydrogens is 394 g/mol. The molecule has 0 aliphatic carbocycles. The van der Waals surface area contributed by atoms with Crippen molar-refractivity contribution in [1.29, 1.82) is 0 Å². The molecule has 0 bridgehead atoms. The Morgan fingerprint density at radius 1 is 0.968 bits per heavy atom. The molecule has 164 valence electrons. The van der Waals surface area contributed by atoms with Crippen LogP contribution in [0.2, 0.25) is 0 Å². The molecule has 7 heteroatoms. The van der Waals surface area contributed by atoms with Gasteiger partial charge in [0.05, 0.1) is 5.56 Å². The summed E-state index contributed by atoms with van der Waals surface area (Å²) in [6, 6.07) is 13.8. The van der Waals surface area contributed by atoms with Crippen molar-refractivity contribution in [2.24, 2.45) is 5.73 Å². The first-order valence-electron chi connectivity index (χ1n) is 10.7. The maximum Gasteiger partial charge on any atom is 0.252 e. The van der Waals surface area contributed by atoms with Crippen LogP contribution in [0.25, 0.3) is 0 Å². The molecule has 31 heavy (non-hydrogen) atoms. The minimum atomic E-state index is -0.557. The number of carbonyl (C=O) groups is 3. The fourth-order valence-electron chi connectivity index (χ4n) is 3.62. The van der Waals surface area contributed by atoms with Crippen LogP contribution >= 0.6 is 0 Å². The van der Waals surface area contributed by atoms with Crippen LogP contribution in [-0.4, -0.2) is 42.3 Å². The van der Waals surface area contributed by atoms with E-state index in [0.29, 0.717) is 29.8 Å². The van der Waals surface area contributed by atoms with E-state index in [1.807, 2.05) is 11.0 Å². The van der Waals surface area contributed by atoms with Gasteiger partial charge in [-0.2, -0.15) is 0 Å². The van der Waals surface area contributed by atoms with E-state index in [0.717, 1.165) is 31.5 Å². The number of benzene rings is 2. The Morgan fingerprint density at radius 3 is 2.45 bits per heavy atom. The number of ether oxygens (including phenoxy) is 1. The number of amides is 3. The highest BCUT2D eigenvalue weighted by atomic mass is 16.5. The Kier molecular flexibility index (Phi) is 8.04. The van der Waals surface area contributed by atoms with Crippen molar-refractivity contribution in [3.63, 3.8) is 0 Å². The fraction of sp³-hybridized carbons (Fsp3) is 0.375. The van der Waals surface area contributed by atoms with Gasteiger partial charge in [0, 0.05) is 31.6 Å². The molecule has 1 saturated heterocycles. The average molecular weight is 424 g/mol. The maximum absolute atomic E-state index is 12.5. The molecule has 3 N–H and O–H groups in total. The van der Waals surface area contributed by atoms with E-state index in [-0.39, 0.29) is 18.4 Å². The first-order valence-corrected chi connectivity index (χ1v) is 10.7. The number of nitrogens with zero attached hydrogens (tertiary/aromatic N) is 1. The molecule has 3 amide bonds. The van der Waals surface area contributed by atoms with Gasteiger partial charge >= 0.3 is 0 Å². The van der Waals surface area contributed by atoms with Gasteiger partial charge in [-0.25, -0.2) is 0 Å². The SMILES string of the molecule is NC(=O)c1ccccc1OCc1cccc(C(=O)NCCC(=O)N2CCCCCC2)c1. The Bertz CT molecular complexity index is 921. The number of hydrogen-bond acceptors (Lipinski definition) is 4. The van der Waals surface area contributed by atoms with Gasteiger partial charge in [-0.05, 0) is 42.7 Å². The summed E-state index contributed by atoms with van der Waals surface area (Å²) in [5, 5.41) is 2.82. The minimum absolute atomic E-state index is 0.0949. The summed E-state index contributed by atoms with van der Waals surface area (Å²) < 4.78 is 5.73. The zero-order valence-electron chi connectivity index (χ0n) is 17.6. The fourth-order valence-corrected chi connectivity index (χ4v) is 3.62. The van der Waals surface area contributed by atoms with Crippen molar-refractivity contribution in [3.05, 3.63) is 65.2 Å². The lowest BCUT2D eigenvalue weighted by molar-refractivity contribution is -0.131. The molecule has 1 aliphatic rings. The van der Waals surface area contributed by atoms with Gasteiger partial charge < -0.3 is 20.7 Å². The second-order valence-electron chi connectivity index (χ2n) is 7.65. The van der Waals surface area contributed by atoms with Crippen molar-refractivity contribution in [3.8, 4) is 5.75 Å². The molecule has 1 aliphatic heterocycles. The van der Waals surface area contributed by atoms with Crippen LogP contribution in [0.5, 0.6) is 5.75 Å². The van der Waals surface area contributed by atoms with Crippen LogP contribution < -0.4 is 15.8 Å². The van der Waals surface area contributed by atoms with E-state index in [9.17, 15) is 14.4 Å². The van der Waals surface area contributed by atoms with E-state index in [1.165, 1.54) is 12.8 Å². The van der Waals surface area contributed by atoms with Gasteiger partial charge in [-0.15, -0.1) is 0 Å². The lowest BCUT2D eigenvalue weighted by Gasteiger charge is -2.20. The Balaban J connectivity index is 1.50. The van der Waals surface area contributed by atoms with E-state index < -0.39 is 5.91 Å². The second kappa shape index (κ2) is 11.2. The standard InChI is InChI=1S/C24H29N3O4/c25-23(29)20-10-3-4-11-21(20)31-17-18-8-7-9-19(16-18)24(30)26-13-12-22(28)27-14-5-1-2-6-15-27/h3-4,7-11,16H,1-2,5-6,12-15,17H2,(H2,25,29)(H,26,30). The molecule has 7 nitrogen and oxygen atoms in total. The molecule has 2 aromatic rings. The molecular formula is C24H29N3O4. The number of para-hydroxylation sites is 1. The smallest absolute Gasteiger partial charge is 0.252 e. The van der Waals surface area contributed by atoms with Gasteiger partial charge in [0.1, 0.15) is 12.4 Å². The van der Waals surface area contributed by atoms with Gasteiger partial charge in [0.2, 0.25) is 5.91 Å². The highest BCUT2D eigenvalue weighted by Gasteiger charge is 2.16. The van der Waals surface area contributed by atoms with Crippen LogP contribution in [0.3, 0.4) is 0 Å². The first-order chi connectivity index (χ1) is 15.0. The summed E-state index contributed by atoms with van der Waals surface area (Å²) in [7, 11) is 0. The number of rotatable bonds is 8. The average Bonchev–Trinajstić information content (AvgIpc) is 3.07. The monoisotopic (exact) mass is 423 g/mol. The van der Waals surface area contributed by atoms with E-state index in [4.69, 9.17) is 10.5 Å². The lowest BCUT2D eigenvalue weighted by Crippen LogP contribution is -2.35.